The standard InChI is InChI=1S/C21H26N4O2S.CH3.K.H2N.Y/c1-4-19(20(26)13-14-28)22-21(27)15-5-7-16(8-6-15)23-24-17-9-11-18(12-10-17)25(2)3;;;;/h5-12,19,28H,4,13-14H2,1-3H3,(H,22,27);1H3;;1H2;/q;-1;+1;-1;/p-1. The first-order chi connectivity index (χ1) is 13.4. The van der Waals surface area contributed by atoms with Gasteiger partial charge in [-0.15, -0.1) is 0 Å². The minimum Gasteiger partial charge on any atom is -0.792 e. The average Bonchev–Trinajstić information content (AvgIpc) is 2.71. The van der Waals surface area contributed by atoms with Crippen LogP contribution in [-0.4, -0.2) is 37.6 Å². The molecule has 0 aliphatic rings. The van der Waals surface area contributed by atoms with E-state index in [2.05, 4.69) is 15.5 Å². The molecular weight excluding hydrogens is 526 g/mol. The summed E-state index contributed by atoms with van der Waals surface area (Å²) in [5.41, 5.74) is 2.95. The van der Waals surface area contributed by atoms with Gasteiger partial charge in [-0.1, -0.05) is 6.92 Å². The molecule has 2 aromatic rings. The van der Waals surface area contributed by atoms with E-state index in [-0.39, 0.29) is 109 Å². The monoisotopic (exact) mass is 556 g/mol. The number of nitrogens with one attached hydrogen (secondary N) is 1. The number of amides is 1. The number of hydrogen-bond acceptors (Lipinski definition) is 6. The molecule has 0 saturated carbocycles. The van der Waals surface area contributed by atoms with Gasteiger partial charge in [0, 0.05) is 58.1 Å². The molecule has 32 heavy (non-hydrogen) atoms. The van der Waals surface area contributed by atoms with Crippen molar-refractivity contribution in [1.29, 1.82) is 0 Å². The van der Waals surface area contributed by atoms with Crippen molar-refractivity contribution in [3.05, 3.63) is 67.7 Å². The Morgan fingerprint density at radius 3 is 1.88 bits per heavy atom. The Morgan fingerprint density at radius 2 is 1.47 bits per heavy atom. The number of carbonyl (C=O) groups is 2. The normalized spacial score (nSPS) is 10.5. The zero-order valence-corrected chi connectivity index (χ0v) is 26.3. The van der Waals surface area contributed by atoms with Crippen molar-refractivity contribution >= 4 is 41.4 Å². The van der Waals surface area contributed by atoms with Crippen LogP contribution in [0, 0.1) is 7.43 Å². The Morgan fingerprint density at radius 1 is 1.00 bits per heavy atom. The van der Waals surface area contributed by atoms with Gasteiger partial charge in [-0.2, -0.15) is 16.0 Å². The topological polar surface area (TPSA) is 108 Å². The molecule has 1 amide bonds. The average molecular weight is 557 g/mol. The van der Waals surface area contributed by atoms with Gasteiger partial charge in [0.1, 0.15) is 0 Å². The van der Waals surface area contributed by atoms with Crippen LogP contribution in [0.4, 0.5) is 17.1 Å². The van der Waals surface area contributed by atoms with Crippen LogP contribution < -0.4 is 61.6 Å². The summed E-state index contributed by atoms with van der Waals surface area (Å²) in [4.78, 5) is 26.3. The largest absolute Gasteiger partial charge is 1.00 e. The Labute approximate surface area is 265 Å². The van der Waals surface area contributed by atoms with Crippen molar-refractivity contribution in [1.82, 2.24) is 5.32 Å². The van der Waals surface area contributed by atoms with Crippen LogP contribution in [0.5, 0.6) is 0 Å². The summed E-state index contributed by atoms with van der Waals surface area (Å²) in [6.07, 6.45) is 0.835. The van der Waals surface area contributed by atoms with Crippen molar-refractivity contribution in [3.8, 4) is 0 Å². The van der Waals surface area contributed by atoms with Crippen LogP contribution in [0.15, 0.2) is 58.8 Å². The zero-order valence-electron chi connectivity index (χ0n) is 19.5. The van der Waals surface area contributed by atoms with Crippen molar-refractivity contribution in [2.24, 2.45) is 10.2 Å². The van der Waals surface area contributed by atoms with Crippen molar-refractivity contribution in [3.63, 3.8) is 0 Å². The number of Topliss-reactive ketones (excluding diaryl/α,β-unsaturated/α-hetero) is 1. The van der Waals surface area contributed by atoms with E-state index >= 15 is 0 Å². The number of carbonyl (C=O) groups excluding carboxylic acids is 2. The molecule has 0 fully saturated rings. The molecule has 167 valence electrons. The van der Waals surface area contributed by atoms with Gasteiger partial charge in [-0.3, -0.25) is 9.59 Å². The van der Waals surface area contributed by atoms with E-state index in [0.29, 0.717) is 29.8 Å². The summed E-state index contributed by atoms with van der Waals surface area (Å²) in [6, 6.07) is 14.0. The summed E-state index contributed by atoms with van der Waals surface area (Å²) in [7, 11) is 3.96. The Balaban J connectivity index is -0.00000210. The molecule has 1 radical (unpaired) electrons. The third-order valence-corrected chi connectivity index (χ3v) is 4.43. The van der Waals surface area contributed by atoms with Crippen molar-refractivity contribution < 1.29 is 93.7 Å². The molecule has 1 unspecified atom stereocenters. The molecule has 3 N–H and O–H groups in total. The molecule has 0 aliphatic heterocycles. The van der Waals surface area contributed by atoms with Crippen molar-refractivity contribution in [2.75, 3.05) is 24.7 Å². The summed E-state index contributed by atoms with van der Waals surface area (Å²) in [6.45, 7) is 1.86. The smallest absolute Gasteiger partial charge is 0.792 e. The molecule has 0 bridgehead atoms. The first-order valence-electron chi connectivity index (χ1n) is 9.15. The number of hydrogen-bond donors (Lipinski definition) is 1. The van der Waals surface area contributed by atoms with E-state index < -0.39 is 6.04 Å². The maximum Gasteiger partial charge on any atom is 1.00 e. The molecule has 10 heteroatoms. The minimum atomic E-state index is -0.500. The van der Waals surface area contributed by atoms with Crippen molar-refractivity contribution in [2.45, 2.75) is 25.8 Å². The number of azo groups is 1. The number of rotatable bonds is 9. The molecule has 0 aliphatic carbocycles. The molecule has 2 aromatic carbocycles. The fourth-order valence-electron chi connectivity index (χ4n) is 2.54. The first-order valence-corrected chi connectivity index (χ1v) is 9.73. The minimum absolute atomic E-state index is 0. The van der Waals surface area contributed by atoms with Crippen LogP contribution in [0.3, 0.4) is 0 Å². The molecule has 2 rings (SSSR count). The van der Waals surface area contributed by atoms with Gasteiger partial charge < -0.3 is 36.4 Å². The van der Waals surface area contributed by atoms with Gasteiger partial charge in [-0.25, -0.2) is 0 Å². The maximum atomic E-state index is 12.4. The SMILES string of the molecule is CCC(NC(=O)c1ccc(N=Nc2ccc(N(C)C)cc2)cc1)C(=O)CC[S-].[CH3-].[K+].[NH2-].[Y]. The molecule has 1 atom stereocenters. The molecule has 0 saturated heterocycles. The molecule has 7 nitrogen and oxygen atoms in total. The summed E-state index contributed by atoms with van der Waals surface area (Å²) in [5, 5.41) is 11.2. The number of nitrogens with two attached hydrogens (primary N) is 1. The van der Waals surface area contributed by atoms with Gasteiger partial charge in [0.15, 0.2) is 5.78 Å². The second kappa shape index (κ2) is 19.3. The van der Waals surface area contributed by atoms with Gasteiger partial charge in [0.25, 0.3) is 5.91 Å². The van der Waals surface area contributed by atoms with Crippen LogP contribution >= 0.6 is 0 Å². The fraction of sp³-hybridized carbons (Fsp3) is 0.318. The second-order valence-electron chi connectivity index (χ2n) is 6.51. The number of anilines is 1. The van der Waals surface area contributed by atoms with E-state index in [1.807, 2.05) is 50.2 Å². The maximum absolute atomic E-state index is 12.4. The molecule has 0 heterocycles. The summed E-state index contributed by atoms with van der Waals surface area (Å²) in [5.74, 6) is 0.0480. The Hall–Kier alpha value is 0.0303. The van der Waals surface area contributed by atoms with Gasteiger partial charge in [-0.05, 0) is 61.4 Å². The van der Waals surface area contributed by atoms with E-state index in [0.717, 1.165) is 11.4 Å². The first kappa shape index (κ1) is 36.6. The quantitative estimate of drug-likeness (QED) is 0.221. The number of ketones is 1. The predicted octanol–water partition coefficient (Wildman–Crippen LogP) is 2.35. The number of benzene rings is 2. The van der Waals surface area contributed by atoms with Crippen LogP contribution in [0.25, 0.3) is 6.15 Å². The fourth-order valence-corrected chi connectivity index (χ4v) is 2.74. The Bertz CT molecular complexity index is 833. The summed E-state index contributed by atoms with van der Waals surface area (Å²) >= 11 is 4.84. The van der Waals surface area contributed by atoms with Gasteiger partial charge in [0.05, 0.1) is 17.4 Å². The molecule has 0 aromatic heterocycles. The molecular formula is C22H30KN5O2SY-2. The van der Waals surface area contributed by atoms with Crippen LogP contribution in [0.1, 0.15) is 30.1 Å². The zero-order chi connectivity index (χ0) is 20.5. The van der Waals surface area contributed by atoms with Gasteiger partial charge in [0.2, 0.25) is 0 Å². The second-order valence-corrected chi connectivity index (χ2v) is 6.92. The number of nitrogens with zero attached hydrogens (tertiary/aromatic N) is 3. The third kappa shape index (κ3) is 11.9. The van der Waals surface area contributed by atoms with E-state index in [1.165, 1.54) is 0 Å². The third-order valence-electron chi connectivity index (χ3n) is 4.23. The van der Waals surface area contributed by atoms with E-state index in [4.69, 9.17) is 12.6 Å². The predicted molar refractivity (Wildman–Crippen MR) is 126 cm³/mol. The summed E-state index contributed by atoms with van der Waals surface area (Å²) < 4.78 is 0. The van der Waals surface area contributed by atoms with Crippen LogP contribution in [0.2, 0.25) is 0 Å². The van der Waals surface area contributed by atoms with Gasteiger partial charge >= 0.3 is 51.4 Å². The molecule has 0 spiro atoms. The Kier molecular flexibility index (Phi) is 22.1. The van der Waals surface area contributed by atoms with E-state index in [9.17, 15) is 9.59 Å². The van der Waals surface area contributed by atoms with E-state index in [1.54, 1.807) is 24.3 Å². The van der Waals surface area contributed by atoms with Crippen LogP contribution in [-0.2, 0) is 50.1 Å².